The van der Waals surface area contributed by atoms with Crippen molar-refractivity contribution in [3.63, 3.8) is 0 Å². The van der Waals surface area contributed by atoms with Crippen molar-refractivity contribution >= 4 is 11.4 Å². The normalized spacial score (nSPS) is 39.4. The molecule has 2 aliphatic carbocycles. The van der Waals surface area contributed by atoms with Crippen LogP contribution in [0.1, 0.15) is 51.4 Å². The van der Waals surface area contributed by atoms with Crippen molar-refractivity contribution in [1.29, 1.82) is 0 Å². The predicted octanol–water partition coefficient (Wildman–Crippen LogP) is 1.21. The van der Waals surface area contributed by atoms with E-state index in [1.807, 2.05) is 0 Å². The van der Waals surface area contributed by atoms with Crippen LogP contribution in [-0.4, -0.2) is 38.8 Å². The molecule has 0 bridgehead atoms. The van der Waals surface area contributed by atoms with Gasteiger partial charge in [-0.05, 0) is 25.7 Å². The first kappa shape index (κ1) is 14.4. The summed E-state index contributed by atoms with van der Waals surface area (Å²) in [5.74, 6) is 0. The molecule has 0 heterocycles. The molecule has 5 nitrogen and oxygen atoms in total. The average Bonchev–Trinajstić information content (AvgIpc) is 2.35. The first-order valence-electron chi connectivity index (χ1n) is 6.79. The van der Waals surface area contributed by atoms with E-state index in [1.165, 1.54) is 0 Å². The summed E-state index contributed by atoms with van der Waals surface area (Å²) in [4.78, 5) is 0. The van der Waals surface area contributed by atoms with Gasteiger partial charge in [-0.3, -0.25) is 8.37 Å². The Kier molecular flexibility index (Phi) is 5.56. The molecule has 2 N–H and O–H groups in total. The van der Waals surface area contributed by atoms with Gasteiger partial charge in [0.25, 0.3) is 0 Å². The molecule has 2 fully saturated rings. The van der Waals surface area contributed by atoms with Gasteiger partial charge in [0.2, 0.25) is 0 Å². The molecule has 0 spiro atoms. The molecular formula is C12H22O5S. The topological polar surface area (TPSA) is 76.0 Å². The van der Waals surface area contributed by atoms with Crippen molar-refractivity contribution in [2.24, 2.45) is 0 Å². The van der Waals surface area contributed by atoms with Gasteiger partial charge < -0.3 is 10.2 Å². The van der Waals surface area contributed by atoms with Crippen LogP contribution in [0.15, 0.2) is 0 Å². The van der Waals surface area contributed by atoms with Crippen LogP contribution in [0.25, 0.3) is 0 Å². The second-order valence-corrected chi connectivity index (χ2v) is 5.97. The Balaban J connectivity index is 1.77. The Bertz CT molecular complexity index is 260. The third kappa shape index (κ3) is 3.99. The molecule has 0 aromatic carbocycles. The van der Waals surface area contributed by atoms with E-state index in [0.29, 0.717) is 25.7 Å². The fourth-order valence-corrected chi connectivity index (χ4v) is 3.50. The summed E-state index contributed by atoms with van der Waals surface area (Å²) in [6, 6.07) is 0. The Hall–Kier alpha value is -0.0100. The fraction of sp³-hybridized carbons (Fsp3) is 1.00. The number of aliphatic hydroxyl groups is 2. The lowest BCUT2D eigenvalue weighted by molar-refractivity contribution is -0.0177. The highest BCUT2D eigenvalue weighted by atomic mass is 32.2. The maximum atomic E-state index is 11.7. The smallest absolute Gasteiger partial charge is 0.305 e. The van der Waals surface area contributed by atoms with Crippen LogP contribution < -0.4 is 0 Å². The van der Waals surface area contributed by atoms with E-state index in [-0.39, 0.29) is 0 Å². The third-order valence-corrected chi connectivity index (χ3v) is 4.55. The summed E-state index contributed by atoms with van der Waals surface area (Å²) in [7, 11) is 0. The van der Waals surface area contributed by atoms with Crippen LogP contribution >= 0.6 is 0 Å². The van der Waals surface area contributed by atoms with E-state index < -0.39 is 35.8 Å². The van der Waals surface area contributed by atoms with Gasteiger partial charge in [-0.1, -0.05) is 25.7 Å². The minimum Gasteiger partial charge on any atom is -0.390 e. The zero-order valence-electron chi connectivity index (χ0n) is 10.5. The van der Waals surface area contributed by atoms with E-state index in [0.717, 1.165) is 25.7 Å². The van der Waals surface area contributed by atoms with Crippen LogP contribution in [0, 0.1) is 0 Å². The number of hydrogen-bond acceptors (Lipinski definition) is 5. The third-order valence-electron chi connectivity index (χ3n) is 3.74. The second kappa shape index (κ2) is 6.96. The summed E-state index contributed by atoms with van der Waals surface area (Å²) in [6.07, 6.45) is 4.81. The average molecular weight is 278 g/mol. The van der Waals surface area contributed by atoms with Gasteiger partial charge in [-0.15, -0.1) is 0 Å². The zero-order chi connectivity index (χ0) is 13.0. The van der Waals surface area contributed by atoms with E-state index in [4.69, 9.17) is 8.37 Å². The zero-order valence-corrected chi connectivity index (χ0v) is 11.3. The first-order chi connectivity index (χ1) is 8.66. The lowest BCUT2D eigenvalue weighted by Crippen LogP contribution is -2.36. The molecule has 0 aliphatic heterocycles. The van der Waals surface area contributed by atoms with Gasteiger partial charge in [-0.2, -0.15) is 4.21 Å². The summed E-state index contributed by atoms with van der Waals surface area (Å²) in [5.41, 5.74) is 0. The van der Waals surface area contributed by atoms with Gasteiger partial charge >= 0.3 is 11.4 Å². The number of rotatable bonds is 4. The summed E-state index contributed by atoms with van der Waals surface area (Å²) in [6.45, 7) is 0. The van der Waals surface area contributed by atoms with Crippen LogP contribution in [0.2, 0.25) is 0 Å². The maximum Gasteiger partial charge on any atom is 0.305 e. The van der Waals surface area contributed by atoms with Gasteiger partial charge in [0.15, 0.2) is 0 Å². The predicted molar refractivity (Wildman–Crippen MR) is 66.8 cm³/mol. The SMILES string of the molecule is O=S(OC1CCCCC1O)OC1CCCCC1O. The highest BCUT2D eigenvalue weighted by molar-refractivity contribution is 7.75. The highest BCUT2D eigenvalue weighted by Crippen LogP contribution is 2.25. The monoisotopic (exact) mass is 278 g/mol. The van der Waals surface area contributed by atoms with Gasteiger partial charge in [0.05, 0.1) is 12.2 Å². The molecule has 0 saturated heterocycles. The van der Waals surface area contributed by atoms with Crippen LogP contribution in [0.4, 0.5) is 0 Å². The minimum absolute atomic E-state index is 0.402. The van der Waals surface area contributed by atoms with Crippen molar-refractivity contribution in [2.45, 2.75) is 75.8 Å². The van der Waals surface area contributed by atoms with E-state index in [2.05, 4.69) is 0 Å². The van der Waals surface area contributed by atoms with Crippen molar-refractivity contribution in [3.05, 3.63) is 0 Å². The van der Waals surface area contributed by atoms with E-state index in [1.54, 1.807) is 0 Å². The summed E-state index contributed by atoms with van der Waals surface area (Å²) < 4.78 is 22.2. The molecule has 106 valence electrons. The van der Waals surface area contributed by atoms with Gasteiger partial charge in [0.1, 0.15) is 12.2 Å². The van der Waals surface area contributed by atoms with Gasteiger partial charge in [0, 0.05) is 0 Å². The second-order valence-electron chi connectivity index (χ2n) is 5.18. The van der Waals surface area contributed by atoms with Crippen molar-refractivity contribution in [2.75, 3.05) is 0 Å². The molecule has 2 rings (SSSR count). The van der Waals surface area contributed by atoms with Crippen molar-refractivity contribution in [1.82, 2.24) is 0 Å². The molecule has 18 heavy (non-hydrogen) atoms. The van der Waals surface area contributed by atoms with Gasteiger partial charge in [-0.25, -0.2) is 0 Å². The number of hydrogen-bond donors (Lipinski definition) is 2. The Labute approximate surface area is 110 Å². The van der Waals surface area contributed by atoms with Crippen molar-refractivity contribution in [3.8, 4) is 0 Å². The first-order valence-corrected chi connectivity index (χ1v) is 7.79. The van der Waals surface area contributed by atoms with E-state index >= 15 is 0 Å². The molecule has 6 heteroatoms. The number of aliphatic hydroxyl groups excluding tert-OH is 2. The molecule has 4 unspecified atom stereocenters. The quantitative estimate of drug-likeness (QED) is 0.808. The molecule has 4 atom stereocenters. The lowest BCUT2D eigenvalue weighted by Gasteiger charge is -2.29. The molecule has 0 aromatic rings. The van der Waals surface area contributed by atoms with E-state index in [9.17, 15) is 14.4 Å². The van der Waals surface area contributed by atoms with Crippen molar-refractivity contribution < 1.29 is 22.8 Å². The standard InChI is InChI=1S/C12H22O5S/c13-9-5-1-3-7-11(9)16-18(15)17-12-8-4-2-6-10(12)14/h9-14H,1-8H2. The fourth-order valence-electron chi connectivity index (χ4n) is 2.60. The Morgan fingerprint density at radius 2 is 1.17 bits per heavy atom. The Morgan fingerprint density at radius 3 is 1.56 bits per heavy atom. The summed E-state index contributed by atoms with van der Waals surface area (Å²) >= 11 is -1.88. The molecule has 2 saturated carbocycles. The highest BCUT2D eigenvalue weighted by Gasteiger charge is 2.30. The lowest BCUT2D eigenvalue weighted by atomic mass is 9.95. The van der Waals surface area contributed by atoms with Crippen LogP contribution in [0.3, 0.4) is 0 Å². The molecule has 0 radical (unpaired) electrons. The molecule has 0 amide bonds. The van der Waals surface area contributed by atoms with Crippen LogP contribution in [0.5, 0.6) is 0 Å². The summed E-state index contributed by atoms with van der Waals surface area (Å²) in [5, 5.41) is 19.4. The molecular weight excluding hydrogens is 256 g/mol. The maximum absolute atomic E-state index is 11.7. The minimum atomic E-state index is -1.88. The molecule has 0 aromatic heterocycles. The molecule has 2 aliphatic rings. The van der Waals surface area contributed by atoms with Crippen LogP contribution in [-0.2, 0) is 19.7 Å². The largest absolute Gasteiger partial charge is 0.390 e. The Morgan fingerprint density at radius 1 is 0.778 bits per heavy atom.